The summed E-state index contributed by atoms with van der Waals surface area (Å²) in [5.74, 6) is 0. The summed E-state index contributed by atoms with van der Waals surface area (Å²) in [6.07, 6.45) is 5.14. The van der Waals surface area contributed by atoms with Gasteiger partial charge in [0, 0.05) is 18.5 Å². The molecular weight excluding hydrogens is 214 g/mol. The molecular formula is C12H23N5. The highest BCUT2D eigenvalue weighted by Gasteiger charge is 1.92. The number of unbranched alkanes of at least 4 members (excludes halogenated alkanes) is 1. The normalized spacial score (nSPS) is 11.4. The molecule has 1 heterocycles. The molecule has 0 bridgehead atoms. The average molecular weight is 237 g/mol. The largest absolute Gasteiger partial charge is 0.330 e. The smallest absolute Gasteiger partial charge is 0.103 e. The van der Waals surface area contributed by atoms with Gasteiger partial charge in [0.1, 0.15) is 5.69 Å². The highest BCUT2D eigenvalue weighted by atomic mass is 15.1. The third-order valence-electron chi connectivity index (χ3n) is 2.40. The van der Waals surface area contributed by atoms with Crippen LogP contribution in [0.5, 0.6) is 0 Å². The molecule has 4 N–H and O–H groups in total. The molecule has 0 fully saturated rings. The summed E-state index contributed by atoms with van der Waals surface area (Å²) >= 11 is 0. The van der Waals surface area contributed by atoms with E-state index in [-0.39, 0.29) is 0 Å². The number of rotatable bonds is 9. The standard InChI is InChI=1S/C12H23N5/c1-11-9-12(17-16-11)10-15-8-4-7-14-6-3-2-5-13/h9-10,14H,2-8,13H2,1H3,(H,16,17)/b15-10+. The highest BCUT2D eigenvalue weighted by molar-refractivity contribution is 5.76. The quantitative estimate of drug-likeness (QED) is 0.440. The molecule has 0 unspecified atom stereocenters. The second-order valence-corrected chi connectivity index (χ2v) is 4.11. The van der Waals surface area contributed by atoms with Gasteiger partial charge in [0.15, 0.2) is 0 Å². The molecule has 0 saturated carbocycles. The molecule has 0 saturated heterocycles. The number of H-pyrrole nitrogens is 1. The van der Waals surface area contributed by atoms with Crippen LogP contribution in [-0.2, 0) is 0 Å². The summed E-state index contributed by atoms with van der Waals surface area (Å²) in [5, 5.41) is 10.3. The SMILES string of the molecule is Cc1cc(/C=N/CCCNCCCCN)n[nH]1. The lowest BCUT2D eigenvalue weighted by atomic mass is 10.3. The first-order chi connectivity index (χ1) is 8.33. The van der Waals surface area contributed by atoms with Crippen LogP contribution in [0.1, 0.15) is 30.7 Å². The van der Waals surface area contributed by atoms with Gasteiger partial charge in [0.25, 0.3) is 0 Å². The van der Waals surface area contributed by atoms with Gasteiger partial charge in [0.2, 0.25) is 0 Å². The Hall–Kier alpha value is -1.20. The minimum Gasteiger partial charge on any atom is -0.330 e. The second-order valence-electron chi connectivity index (χ2n) is 4.11. The second kappa shape index (κ2) is 8.90. The number of hydrogen-bond acceptors (Lipinski definition) is 4. The summed E-state index contributed by atoms with van der Waals surface area (Å²) in [5.41, 5.74) is 7.37. The third kappa shape index (κ3) is 6.86. The summed E-state index contributed by atoms with van der Waals surface area (Å²) in [6.45, 7) is 5.68. The van der Waals surface area contributed by atoms with E-state index in [9.17, 15) is 0 Å². The molecule has 0 amide bonds. The van der Waals surface area contributed by atoms with Crippen molar-refractivity contribution in [1.82, 2.24) is 15.5 Å². The number of nitrogens with zero attached hydrogens (tertiary/aromatic N) is 2. The molecule has 0 aliphatic carbocycles. The lowest BCUT2D eigenvalue weighted by Gasteiger charge is -2.01. The van der Waals surface area contributed by atoms with Gasteiger partial charge in [-0.3, -0.25) is 10.1 Å². The Kier molecular flexibility index (Phi) is 7.25. The minimum atomic E-state index is 0.787. The first-order valence-corrected chi connectivity index (χ1v) is 6.25. The number of aromatic amines is 1. The lowest BCUT2D eigenvalue weighted by Crippen LogP contribution is -2.18. The van der Waals surface area contributed by atoms with Crippen molar-refractivity contribution in [3.05, 3.63) is 17.5 Å². The zero-order valence-corrected chi connectivity index (χ0v) is 10.6. The van der Waals surface area contributed by atoms with Crippen LogP contribution in [0, 0.1) is 6.92 Å². The first kappa shape index (κ1) is 13.9. The van der Waals surface area contributed by atoms with Gasteiger partial charge >= 0.3 is 0 Å². The molecule has 1 aromatic heterocycles. The maximum absolute atomic E-state index is 5.41. The van der Waals surface area contributed by atoms with E-state index in [1.165, 1.54) is 0 Å². The maximum Gasteiger partial charge on any atom is 0.103 e. The summed E-state index contributed by atoms with van der Waals surface area (Å²) in [6, 6.07) is 1.98. The molecule has 0 atom stereocenters. The Morgan fingerprint density at radius 2 is 2.24 bits per heavy atom. The molecule has 1 aromatic rings. The molecule has 0 aliphatic heterocycles. The van der Waals surface area contributed by atoms with Crippen LogP contribution < -0.4 is 11.1 Å². The van der Waals surface area contributed by atoms with Gasteiger partial charge in [-0.2, -0.15) is 5.10 Å². The van der Waals surface area contributed by atoms with Crippen LogP contribution >= 0.6 is 0 Å². The number of nitrogens with two attached hydrogens (primary N) is 1. The average Bonchev–Trinajstić information content (AvgIpc) is 2.73. The number of aryl methyl sites for hydroxylation is 1. The number of nitrogens with one attached hydrogen (secondary N) is 2. The van der Waals surface area contributed by atoms with E-state index in [0.29, 0.717) is 0 Å². The number of aromatic nitrogens is 2. The molecule has 0 spiro atoms. The van der Waals surface area contributed by atoms with Crippen molar-refractivity contribution in [2.75, 3.05) is 26.2 Å². The van der Waals surface area contributed by atoms with Crippen molar-refractivity contribution < 1.29 is 0 Å². The zero-order valence-electron chi connectivity index (χ0n) is 10.6. The van der Waals surface area contributed by atoms with Gasteiger partial charge in [0.05, 0.1) is 0 Å². The predicted octanol–water partition coefficient (Wildman–Crippen LogP) is 0.856. The molecule has 5 heteroatoms. The van der Waals surface area contributed by atoms with Gasteiger partial charge in [-0.25, -0.2) is 0 Å². The van der Waals surface area contributed by atoms with Crippen LogP contribution in [0.2, 0.25) is 0 Å². The number of aliphatic imine (C=N–C) groups is 1. The van der Waals surface area contributed by atoms with Crippen LogP contribution in [0.25, 0.3) is 0 Å². The van der Waals surface area contributed by atoms with Crippen LogP contribution in [-0.4, -0.2) is 42.6 Å². The van der Waals surface area contributed by atoms with Gasteiger partial charge < -0.3 is 11.1 Å². The molecule has 5 nitrogen and oxygen atoms in total. The molecule has 1 rings (SSSR count). The molecule has 0 radical (unpaired) electrons. The molecule has 96 valence electrons. The molecule has 0 aromatic carbocycles. The number of hydrogen-bond donors (Lipinski definition) is 3. The Bertz CT molecular complexity index is 318. The van der Waals surface area contributed by atoms with Crippen LogP contribution in [0.15, 0.2) is 11.1 Å². The predicted molar refractivity (Wildman–Crippen MR) is 71.6 cm³/mol. The Morgan fingerprint density at radius 3 is 2.94 bits per heavy atom. The summed E-state index contributed by atoms with van der Waals surface area (Å²) in [4.78, 5) is 4.32. The van der Waals surface area contributed by atoms with E-state index in [4.69, 9.17) is 5.73 Å². The van der Waals surface area contributed by atoms with Gasteiger partial charge in [-0.05, 0) is 51.9 Å². The van der Waals surface area contributed by atoms with E-state index in [1.54, 1.807) is 0 Å². The van der Waals surface area contributed by atoms with Gasteiger partial charge in [-0.1, -0.05) is 0 Å². The molecule has 0 aliphatic rings. The zero-order chi connectivity index (χ0) is 12.3. The van der Waals surface area contributed by atoms with Crippen molar-refractivity contribution >= 4 is 6.21 Å². The topological polar surface area (TPSA) is 79.1 Å². The highest BCUT2D eigenvalue weighted by Crippen LogP contribution is 1.93. The minimum absolute atomic E-state index is 0.787. The van der Waals surface area contributed by atoms with E-state index in [0.717, 1.165) is 56.8 Å². The lowest BCUT2D eigenvalue weighted by molar-refractivity contribution is 0.611. The summed E-state index contributed by atoms with van der Waals surface area (Å²) < 4.78 is 0. The maximum atomic E-state index is 5.41. The van der Waals surface area contributed by atoms with E-state index >= 15 is 0 Å². The fourth-order valence-corrected chi connectivity index (χ4v) is 1.48. The molecule has 17 heavy (non-hydrogen) atoms. The van der Waals surface area contributed by atoms with E-state index in [1.807, 2.05) is 19.2 Å². The summed E-state index contributed by atoms with van der Waals surface area (Å²) in [7, 11) is 0. The monoisotopic (exact) mass is 237 g/mol. The third-order valence-corrected chi connectivity index (χ3v) is 2.40. The van der Waals surface area contributed by atoms with E-state index in [2.05, 4.69) is 20.5 Å². The van der Waals surface area contributed by atoms with Gasteiger partial charge in [-0.15, -0.1) is 0 Å². The Morgan fingerprint density at radius 1 is 1.41 bits per heavy atom. The Balaban J connectivity index is 1.95. The van der Waals surface area contributed by atoms with Crippen molar-refractivity contribution in [1.29, 1.82) is 0 Å². The van der Waals surface area contributed by atoms with E-state index < -0.39 is 0 Å². The fourth-order valence-electron chi connectivity index (χ4n) is 1.48. The van der Waals surface area contributed by atoms with Crippen LogP contribution in [0.3, 0.4) is 0 Å². The van der Waals surface area contributed by atoms with Crippen molar-refractivity contribution in [2.24, 2.45) is 10.7 Å². The van der Waals surface area contributed by atoms with Crippen molar-refractivity contribution in [2.45, 2.75) is 26.2 Å². The van der Waals surface area contributed by atoms with Crippen molar-refractivity contribution in [3.63, 3.8) is 0 Å². The van der Waals surface area contributed by atoms with Crippen LogP contribution in [0.4, 0.5) is 0 Å². The first-order valence-electron chi connectivity index (χ1n) is 6.25. The fraction of sp³-hybridized carbons (Fsp3) is 0.667. The Labute approximate surface area is 103 Å². The van der Waals surface area contributed by atoms with Crippen molar-refractivity contribution in [3.8, 4) is 0 Å².